The molecular weight excluding hydrogens is 593 g/mol. The van der Waals surface area contributed by atoms with E-state index >= 15 is 0 Å². The second-order valence-corrected chi connectivity index (χ2v) is 14.9. The van der Waals surface area contributed by atoms with Crippen molar-refractivity contribution in [2.45, 2.75) is 34.9 Å². The number of benzene rings is 1. The van der Waals surface area contributed by atoms with E-state index in [4.69, 9.17) is 37.7 Å². The van der Waals surface area contributed by atoms with E-state index in [1.807, 2.05) is 12.1 Å². The molecule has 1 aliphatic rings. The summed E-state index contributed by atoms with van der Waals surface area (Å²) in [6.07, 6.45) is -5.67. The number of nitrogens with zero attached hydrogens (tertiary/aromatic N) is 4. The monoisotopic (exact) mass is 614 g/mol. The van der Waals surface area contributed by atoms with E-state index in [-0.39, 0.29) is 6.54 Å². The number of fused-ring (bicyclic) bond motifs is 1. The molecule has 4 rings (SSSR count). The summed E-state index contributed by atoms with van der Waals surface area (Å²) in [7, 11) is -9.26. The molecule has 5 N–H and O–H groups in total. The zero-order chi connectivity index (χ0) is 28.2. The van der Waals surface area contributed by atoms with Crippen LogP contribution in [-0.2, 0) is 32.0 Å². The third-order valence-electron chi connectivity index (χ3n) is 5.95. The Morgan fingerprint density at radius 1 is 1.11 bits per heavy atom. The Balaban J connectivity index is 1.59. The van der Waals surface area contributed by atoms with E-state index in [0.29, 0.717) is 11.1 Å². The molecule has 0 saturated carbocycles. The van der Waals surface area contributed by atoms with Gasteiger partial charge in [-0.1, -0.05) is 41.4 Å². The van der Waals surface area contributed by atoms with Gasteiger partial charge in [0.25, 0.3) is 5.56 Å². The smallest absolute Gasteiger partial charge is 0.376 e. The van der Waals surface area contributed by atoms with Gasteiger partial charge in [0.2, 0.25) is 0 Å². The van der Waals surface area contributed by atoms with Gasteiger partial charge < -0.3 is 34.2 Å². The number of hydrogen-bond donors (Lipinski definition) is 5. The molecular formula is C19H22Cl2N4O11P2. The highest BCUT2D eigenvalue weighted by molar-refractivity contribution is 7.78. The molecule has 0 radical (unpaired) electrons. The van der Waals surface area contributed by atoms with Gasteiger partial charge in [-0.25, -0.2) is 4.79 Å². The molecule has 15 nitrogen and oxygen atoms in total. The lowest BCUT2D eigenvalue weighted by Crippen LogP contribution is -2.43. The fourth-order valence-corrected chi connectivity index (χ4v) is 6.23. The van der Waals surface area contributed by atoms with Crippen LogP contribution in [0.3, 0.4) is 0 Å². The number of halogens is 2. The molecule has 1 fully saturated rings. The summed E-state index contributed by atoms with van der Waals surface area (Å²) in [5, 5.41) is 26.0. The number of aryl methyl sites for hydroxylation is 1. The van der Waals surface area contributed by atoms with Gasteiger partial charge in [0, 0.05) is 24.7 Å². The summed E-state index contributed by atoms with van der Waals surface area (Å²) in [6.45, 7) is -1.22. The minimum Gasteiger partial charge on any atom is -0.387 e. The maximum absolute atomic E-state index is 13.2. The Kier molecular flexibility index (Phi) is 7.87. The summed E-state index contributed by atoms with van der Waals surface area (Å²) < 4.78 is 33.5. The van der Waals surface area contributed by atoms with Crippen molar-refractivity contribution < 1.29 is 43.3 Å². The first-order chi connectivity index (χ1) is 17.6. The lowest BCUT2D eigenvalue weighted by Gasteiger charge is -2.26. The Hall–Kier alpha value is -1.87. The van der Waals surface area contributed by atoms with Crippen LogP contribution in [0, 0.1) is 0 Å². The molecule has 19 heteroatoms. The zero-order valence-electron chi connectivity index (χ0n) is 19.3. The maximum atomic E-state index is 13.2. The summed E-state index contributed by atoms with van der Waals surface area (Å²) in [5.74, 6) is 0. The zero-order valence-corrected chi connectivity index (χ0v) is 22.6. The van der Waals surface area contributed by atoms with E-state index in [1.54, 1.807) is 23.9 Å². The molecule has 0 spiro atoms. The van der Waals surface area contributed by atoms with E-state index in [2.05, 4.69) is 9.62 Å². The van der Waals surface area contributed by atoms with Crippen molar-refractivity contribution in [2.24, 2.45) is 7.05 Å². The van der Waals surface area contributed by atoms with Crippen LogP contribution in [0.5, 0.6) is 0 Å². The number of aliphatic hydroxyl groups is 2. The minimum atomic E-state index is -5.54. The van der Waals surface area contributed by atoms with Crippen LogP contribution in [0.1, 0.15) is 11.9 Å². The van der Waals surface area contributed by atoms with Gasteiger partial charge in [-0.05, 0) is 6.07 Å². The number of aromatic nitrogens is 4. The second-order valence-electron chi connectivity index (χ2n) is 8.43. The number of rotatable bonds is 8. The molecule has 1 aliphatic heterocycles. The van der Waals surface area contributed by atoms with E-state index in [1.165, 1.54) is 0 Å². The summed E-state index contributed by atoms with van der Waals surface area (Å²) >= 11 is 10.7. The van der Waals surface area contributed by atoms with E-state index < -0.39 is 61.4 Å². The van der Waals surface area contributed by atoms with Crippen molar-refractivity contribution in [1.82, 2.24) is 18.9 Å². The SMILES string of the molecule is Cn1nc(Cn2c(=O)ccn([C@@H]3O[C@H](COP(=O)(O)C(Cl)(Cl)P(=O)(O)O)[C@H](O)C3O)c2=O)c2ccccc21. The van der Waals surface area contributed by atoms with Crippen molar-refractivity contribution in [3.63, 3.8) is 0 Å². The molecule has 1 aromatic carbocycles. The number of ether oxygens (including phenoxy) is 1. The highest BCUT2D eigenvalue weighted by Gasteiger charge is 2.60. The fraction of sp³-hybridized carbons (Fsp3) is 0.421. The lowest BCUT2D eigenvalue weighted by molar-refractivity contribution is -0.0531. The van der Waals surface area contributed by atoms with Crippen molar-refractivity contribution >= 4 is 49.3 Å². The molecule has 3 aromatic rings. The minimum absolute atomic E-state index is 0.221. The van der Waals surface area contributed by atoms with E-state index in [9.17, 15) is 33.8 Å². The second kappa shape index (κ2) is 10.3. The van der Waals surface area contributed by atoms with Crippen LogP contribution < -0.4 is 11.2 Å². The summed E-state index contributed by atoms with van der Waals surface area (Å²) in [4.78, 5) is 53.9. The van der Waals surface area contributed by atoms with E-state index in [0.717, 1.165) is 26.9 Å². The molecule has 208 valence electrons. The van der Waals surface area contributed by atoms with Crippen LogP contribution in [0.25, 0.3) is 10.9 Å². The van der Waals surface area contributed by atoms with Crippen molar-refractivity contribution in [3.8, 4) is 0 Å². The van der Waals surface area contributed by atoms with Gasteiger partial charge >= 0.3 is 24.7 Å². The molecule has 2 unspecified atom stereocenters. The first-order valence-electron chi connectivity index (χ1n) is 10.7. The van der Waals surface area contributed by atoms with Crippen LogP contribution in [0.15, 0.2) is 46.1 Å². The van der Waals surface area contributed by atoms with Gasteiger partial charge in [-0.15, -0.1) is 0 Å². The Bertz CT molecular complexity index is 1580. The first kappa shape index (κ1) is 29.1. The van der Waals surface area contributed by atoms with Gasteiger partial charge in [-0.2, -0.15) is 5.10 Å². The molecule has 1 saturated heterocycles. The molecule has 5 atom stereocenters. The molecule has 0 amide bonds. The molecule has 2 aromatic heterocycles. The Morgan fingerprint density at radius 3 is 2.42 bits per heavy atom. The fourth-order valence-electron chi connectivity index (χ4n) is 3.94. The largest absolute Gasteiger partial charge is 0.387 e. The highest BCUT2D eigenvalue weighted by Crippen LogP contribution is 2.75. The van der Waals surface area contributed by atoms with Gasteiger partial charge in [-0.3, -0.25) is 27.7 Å². The highest BCUT2D eigenvalue weighted by atomic mass is 35.5. The number of aliphatic hydroxyl groups excluding tert-OH is 2. The number of para-hydroxylation sites is 1. The van der Waals surface area contributed by atoms with Crippen LogP contribution in [0.4, 0.5) is 0 Å². The van der Waals surface area contributed by atoms with Crippen molar-refractivity contribution in [1.29, 1.82) is 0 Å². The van der Waals surface area contributed by atoms with Gasteiger partial charge in [0.15, 0.2) is 6.23 Å². The third kappa shape index (κ3) is 5.05. The van der Waals surface area contributed by atoms with Crippen LogP contribution in [-0.4, -0.2) is 72.5 Å². The quantitative estimate of drug-likeness (QED) is 0.168. The van der Waals surface area contributed by atoms with Crippen molar-refractivity contribution in [2.75, 3.05) is 6.61 Å². The molecule has 0 bridgehead atoms. The normalized spacial score (nSPS) is 24.1. The van der Waals surface area contributed by atoms with Crippen molar-refractivity contribution in [3.05, 3.63) is 63.1 Å². The summed E-state index contributed by atoms with van der Waals surface area (Å²) in [5.41, 5.74) is -0.396. The maximum Gasteiger partial charge on any atom is 0.376 e. The topological polar surface area (TPSA) is 216 Å². The third-order valence-corrected chi connectivity index (χ3v) is 12.0. The number of hydrogen-bond acceptors (Lipinski definition) is 9. The summed E-state index contributed by atoms with van der Waals surface area (Å²) in [6, 6.07) is 8.21. The molecule has 3 heterocycles. The van der Waals surface area contributed by atoms with Gasteiger partial charge in [0.1, 0.15) is 18.3 Å². The Labute approximate surface area is 223 Å². The first-order valence-corrected chi connectivity index (χ1v) is 14.7. The van der Waals surface area contributed by atoms with Gasteiger partial charge in [0.05, 0.1) is 24.4 Å². The standard InChI is InChI=1S/C19H22Cl2N4O11P2/c1-23-12-5-3-2-4-10(12)11(22-23)8-25-14(26)6-7-24(18(25)29)17-16(28)15(27)13(36-17)9-35-38(33,34)19(20,21)37(30,31)32/h2-7,13,15-17,27-28H,8-9H2,1H3,(H,33,34)(H2,30,31,32)/t13-,15+,16?,17-/m1/s1. The molecule has 0 aliphatic carbocycles. The average Bonchev–Trinajstić information content (AvgIpc) is 3.30. The Morgan fingerprint density at radius 2 is 1.76 bits per heavy atom. The average molecular weight is 615 g/mol. The molecule has 38 heavy (non-hydrogen) atoms. The lowest BCUT2D eigenvalue weighted by atomic mass is 10.1. The predicted octanol–water partition coefficient (Wildman–Crippen LogP) is 0.0328. The predicted molar refractivity (Wildman–Crippen MR) is 133 cm³/mol. The van der Waals surface area contributed by atoms with Crippen LogP contribution >= 0.6 is 38.4 Å². The van der Waals surface area contributed by atoms with Crippen LogP contribution in [0.2, 0.25) is 0 Å². The number of alkyl halides is 2.